The Labute approximate surface area is 95.2 Å². The summed E-state index contributed by atoms with van der Waals surface area (Å²) in [5.74, 6) is 0.0633. The molecule has 0 radical (unpaired) electrons. The third-order valence-corrected chi connectivity index (χ3v) is 2.54. The summed E-state index contributed by atoms with van der Waals surface area (Å²) in [7, 11) is 3.53. The lowest BCUT2D eigenvalue weighted by Crippen LogP contribution is -2.24. The van der Waals surface area contributed by atoms with Crippen molar-refractivity contribution in [3.05, 3.63) is 47.2 Å². The van der Waals surface area contributed by atoms with Crippen molar-refractivity contribution in [1.82, 2.24) is 4.90 Å². The first kappa shape index (κ1) is 10.6. The smallest absolute Gasteiger partial charge is 0.249 e. The normalized spacial score (nSPS) is 18.0. The summed E-state index contributed by atoms with van der Waals surface area (Å²) in [6, 6.07) is 0. The van der Waals surface area contributed by atoms with Gasteiger partial charge in [0.1, 0.15) is 0 Å². The lowest BCUT2D eigenvalue weighted by Gasteiger charge is -2.17. The zero-order valence-corrected chi connectivity index (χ0v) is 9.47. The van der Waals surface area contributed by atoms with E-state index in [4.69, 9.17) is 0 Å². The number of hydrogen-bond acceptors (Lipinski definition) is 2. The van der Waals surface area contributed by atoms with Crippen LogP contribution in [0.3, 0.4) is 0 Å². The summed E-state index contributed by atoms with van der Waals surface area (Å²) in [5.41, 5.74) is 2.85. The molecule has 16 heavy (non-hydrogen) atoms. The minimum absolute atomic E-state index is 0.0633. The Morgan fingerprint density at radius 2 is 2.06 bits per heavy atom. The van der Waals surface area contributed by atoms with E-state index >= 15 is 0 Å². The van der Waals surface area contributed by atoms with E-state index in [0.29, 0.717) is 6.42 Å². The minimum atomic E-state index is 0.0633. The lowest BCUT2D eigenvalue weighted by atomic mass is 9.96. The molecule has 3 nitrogen and oxygen atoms in total. The van der Waals surface area contributed by atoms with Gasteiger partial charge in [-0.05, 0) is 17.7 Å². The van der Waals surface area contributed by atoms with E-state index < -0.39 is 0 Å². The van der Waals surface area contributed by atoms with Crippen LogP contribution < -0.4 is 0 Å². The van der Waals surface area contributed by atoms with Gasteiger partial charge in [-0.3, -0.25) is 9.79 Å². The zero-order valence-electron chi connectivity index (χ0n) is 9.47. The van der Waals surface area contributed by atoms with Gasteiger partial charge in [0.05, 0.1) is 5.70 Å². The van der Waals surface area contributed by atoms with E-state index in [-0.39, 0.29) is 5.91 Å². The van der Waals surface area contributed by atoms with Crippen LogP contribution in [0.25, 0.3) is 0 Å². The van der Waals surface area contributed by atoms with Crippen molar-refractivity contribution in [2.24, 2.45) is 4.99 Å². The van der Waals surface area contributed by atoms with E-state index in [1.54, 1.807) is 25.2 Å². The molecule has 0 aromatic carbocycles. The number of amides is 1. The highest BCUT2D eigenvalue weighted by atomic mass is 16.2. The molecule has 1 aliphatic heterocycles. The molecule has 0 aromatic rings. The highest BCUT2D eigenvalue weighted by Gasteiger charge is 2.18. The number of fused-ring (bicyclic) bond motifs is 1. The molecule has 1 amide bonds. The van der Waals surface area contributed by atoms with Gasteiger partial charge in [-0.25, -0.2) is 0 Å². The maximum Gasteiger partial charge on any atom is 0.249 e. The van der Waals surface area contributed by atoms with Crippen LogP contribution in [0.15, 0.2) is 52.2 Å². The monoisotopic (exact) mass is 214 g/mol. The second-order valence-corrected chi connectivity index (χ2v) is 3.98. The van der Waals surface area contributed by atoms with Crippen LogP contribution in [0.5, 0.6) is 0 Å². The van der Waals surface area contributed by atoms with Gasteiger partial charge >= 0.3 is 0 Å². The summed E-state index contributed by atoms with van der Waals surface area (Å²) in [6.07, 6.45) is 12.0. The highest BCUT2D eigenvalue weighted by Crippen LogP contribution is 2.27. The molecule has 1 heterocycles. The first-order chi connectivity index (χ1) is 7.68. The minimum Gasteiger partial charge on any atom is -0.345 e. The molecule has 0 bridgehead atoms. The van der Waals surface area contributed by atoms with Crippen LogP contribution in [-0.2, 0) is 4.79 Å². The molecule has 0 saturated heterocycles. The van der Waals surface area contributed by atoms with E-state index in [9.17, 15) is 4.79 Å². The average molecular weight is 214 g/mol. The molecule has 82 valence electrons. The van der Waals surface area contributed by atoms with Crippen molar-refractivity contribution in [1.29, 1.82) is 0 Å². The third kappa shape index (κ3) is 2.03. The molecular formula is C13H14N2O. The number of likely N-dealkylation sites (N-methyl/N-ethyl adjacent to an activating group) is 1. The molecule has 0 saturated carbocycles. The molecule has 0 unspecified atom stereocenters. The molecule has 3 heteroatoms. The third-order valence-electron chi connectivity index (χ3n) is 2.54. The highest BCUT2D eigenvalue weighted by molar-refractivity contribution is 5.94. The van der Waals surface area contributed by atoms with Gasteiger partial charge in [-0.2, -0.15) is 0 Å². The van der Waals surface area contributed by atoms with Crippen LogP contribution in [0.2, 0.25) is 0 Å². The van der Waals surface area contributed by atoms with E-state index in [1.165, 1.54) is 0 Å². The van der Waals surface area contributed by atoms with Crippen LogP contribution in [0, 0.1) is 0 Å². The van der Waals surface area contributed by atoms with Crippen LogP contribution in [0.4, 0.5) is 0 Å². The van der Waals surface area contributed by atoms with Crippen molar-refractivity contribution in [3.63, 3.8) is 0 Å². The van der Waals surface area contributed by atoms with Gasteiger partial charge in [-0.1, -0.05) is 18.2 Å². The molecular weight excluding hydrogens is 200 g/mol. The SMILES string of the molecule is CN(C)C(=O)C1=CC=C2N=CC=CC=C2C1. The van der Waals surface area contributed by atoms with Gasteiger partial charge < -0.3 is 4.90 Å². The predicted octanol–water partition coefficient (Wildman–Crippen LogP) is 1.86. The Hall–Kier alpha value is -1.90. The number of nitrogens with zero attached hydrogens (tertiary/aromatic N) is 2. The molecule has 2 rings (SSSR count). The number of allylic oxidation sites excluding steroid dienone is 6. The quantitative estimate of drug-likeness (QED) is 0.655. The van der Waals surface area contributed by atoms with Crippen molar-refractivity contribution in [3.8, 4) is 0 Å². The van der Waals surface area contributed by atoms with Crippen molar-refractivity contribution >= 4 is 12.1 Å². The number of carbonyl (C=O) groups excluding carboxylic acids is 1. The fourth-order valence-corrected chi connectivity index (χ4v) is 1.69. The first-order valence-corrected chi connectivity index (χ1v) is 5.21. The zero-order chi connectivity index (χ0) is 11.5. The van der Waals surface area contributed by atoms with Crippen molar-refractivity contribution in [2.75, 3.05) is 14.1 Å². The molecule has 1 aliphatic carbocycles. The van der Waals surface area contributed by atoms with Gasteiger partial charge in [0.25, 0.3) is 0 Å². The van der Waals surface area contributed by atoms with E-state index in [1.807, 2.05) is 30.4 Å². The predicted molar refractivity (Wildman–Crippen MR) is 65.2 cm³/mol. The second kappa shape index (κ2) is 4.31. The fraction of sp³-hybridized carbons (Fsp3) is 0.231. The van der Waals surface area contributed by atoms with Crippen molar-refractivity contribution in [2.45, 2.75) is 6.42 Å². The summed E-state index contributed by atoms with van der Waals surface area (Å²) in [6.45, 7) is 0. The Morgan fingerprint density at radius 3 is 2.81 bits per heavy atom. The maximum atomic E-state index is 11.8. The molecule has 2 aliphatic rings. The van der Waals surface area contributed by atoms with Crippen LogP contribution >= 0.6 is 0 Å². The molecule has 0 atom stereocenters. The summed E-state index contributed by atoms with van der Waals surface area (Å²) in [5, 5.41) is 0. The van der Waals surface area contributed by atoms with Crippen molar-refractivity contribution < 1.29 is 4.79 Å². The Kier molecular flexibility index (Phi) is 2.86. The van der Waals surface area contributed by atoms with Gasteiger partial charge in [0.15, 0.2) is 0 Å². The Bertz CT molecular complexity index is 462. The van der Waals surface area contributed by atoms with E-state index in [2.05, 4.69) is 4.99 Å². The average Bonchev–Trinajstić information content (AvgIpc) is 2.51. The number of aliphatic imine (C=N–C) groups is 1. The van der Waals surface area contributed by atoms with Crippen LogP contribution in [-0.4, -0.2) is 31.1 Å². The maximum absolute atomic E-state index is 11.8. The summed E-state index contributed by atoms with van der Waals surface area (Å²) < 4.78 is 0. The van der Waals surface area contributed by atoms with E-state index in [0.717, 1.165) is 16.8 Å². The molecule has 0 spiro atoms. The summed E-state index contributed by atoms with van der Waals surface area (Å²) in [4.78, 5) is 17.7. The standard InChI is InChI=1S/C13H14N2O/c1-15(2)13(16)11-6-7-12-10(9-11)5-3-4-8-14-12/h3-8H,9H2,1-2H3. The second-order valence-electron chi connectivity index (χ2n) is 3.98. The fourth-order valence-electron chi connectivity index (χ4n) is 1.69. The molecule has 0 fully saturated rings. The number of carbonyl (C=O) groups is 1. The van der Waals surface area contributed by atoms with Gasteiger partial charge in [0.2, 0.25) is 5.91 Å². The topological polar surface area (TPSA) is 32.7 Å². The van der Waals surface area contributed by atoms with Gasteiger partial charge in [0, 0.05) is 32.3 Å². The number of hydrogen-bond donors (Lipinski definition) is 0. The van der Waals surface area contributed by atoms with Crippen LogP contribution in [0.1, 0.15) is 6.42 Å². The Balaban J connectivity index is 2.30. The molecule has 0 N–H and O–H groups in total. The number of rotatable bonds is 1. The largest absolute Gasteiger partial charge is 0.345 e. The lowest BCUT2D eigenvalue weighted by molar-refractivity contribution is -0.124. The first-order valence-electron chi connectivity index (χ1n) is 5.21. The van der Waals surface area contributed by atoms with Gasteiger partial charge in [-0.15, -0.1) is 0 Å². The molecule has 0 aromatic heterocycles. The summed E-state index contributed by atoms with van der Waals surface area (Å²) >= 11 is 0. The Morgan fingerprint density at radius 1 is 1.25 bits per heavy atom.